The Morgan fingerprint density at radius 2 is 2.26 bits per heavy atom. The first-order valence-corrected chi connectivity index (χ1v) is 6.87. The standard InChI is InChI=1S/C13H15N3O2S/c1-9-7-15-13(19-8-12(17)18)16(9)10(2)11-5-3-4-6-14-11/h3-7,10H,8H2,1-2H3,(H,17,18). The summed E-state index contributed by atoms with van der Waals surface area (Å²) < 4.78 is 2.01. The number of carbonyl (C=O) groups is 1. The van der Waals surface area contributed by atoms with E-state index in [1.165, 1.54) is 11.8 Å². The number of imidazole rings is 1. The van der Waals surface area contributed by atoms with Crippen LogP contribution >= 0.6 is 11.8 Å². The van der Waals surface area contributed by atoms with Gasteiger partial charge in [0.15, 0.2) is 5.16 Å². The average molecular weight is 277 g/mol. The zero-order valence-electron chi connectivity index (χ0n) is 10.8. The second kappa shape index (κ2) is 5.88. The van der Waals surface area contributed by atoms with Crippen LogP contribution in [0.2, 0.25) is 0 Å². The number of carboxylic acid groups (broad SMARTS) is 1. The third-order valence-electron chi connectivity index (χ3n) is 2.78. The zero-order valence-corrected chi connectivity index (χ0v) is 11.6. The maximum atomic E-state index is 10.7. The molecule has 19 heavy (non-hydrogen) atoms. The van der Waals surface area contributed by atoms with Gasteiger partial charge in [-0.3, -0.25) is 9.78 Å². The fraction of sp³-hybridized carbons (Fsp3) is 0.308. The summed E-state index contributed by atoms with van der Waals surface area (Å²) in [6.45, 7) is 3.99. The molecule has 1 atom stereocenters. The molecule has 5 nitrogen and oxygen atoms in total. The van der Waals surface area contributed by atoms with Crippen molar-refractivity contribution in [1.82, 2.24) is 14.5 Å². The van der Waals surface area contributed by atoms with Crippen LogP contribution in [0.4, 0.5) is 0 Å². The second-order valence-corrected chi connectivity index (χ2v) is 5.11. The number of carboxylic acids is 1. The van der Waals surface area contributed by atoms with Crippen LogP contribution in [0.15, 0.2) is 35.7 Å². The third kappa shape index (κ3) is 3.14. The summed E-state index contributed by atoms with van der Waals surface area (Å²) in [6.07, 6.45) is 3.51. The lowest BCUT2D eigenvalue weighted by Gasteiger charge is -2.17. The minimum absolute atomic E-state index is 0.00535. The Kier molecular flexibility index (Phi) is 4.21. The molecule has 2 aromatic heterocycles. The smallest absolute Gasteiger partial charge is 0.313 e. The molecule has 1 N–H and O–H groups in total. The van der Waals surface area contributed by atoms with E-state index in [2.05, 4.69) is 9.97 Å². The van der Waals surface area contributed by atoms with Crippen molar-refractivity contribution < 1.29 is 9.90 Å². The van der Waals surface area contributed by atoms with Gasteiger partial charge in [-0.25, -0.2) is 4.98 Å². The van der Waals surface area contributed by atoms with Crippen LogP contribution < -0.4 is 0 Å². The lowest BCUT2D eigenvalue weighted by atomic mass is 10.2. The molecule has 0 saturated heterocycles. The van der Waals surface area contributed by atoms with Gasteiger partial charge >= 0.3 is 5.97 Å². The largest absolute Gasteiger partial charge is 0.481 e. The number of pyridine rings is 1. The van der Waals surface area contributed by atoms with E-state index in [4.69, 9.17) is 5.11 Å². The summed E-state index contributed by atoms with van der Waals surface area (Å²) in [4.78, 5) is 19.3. The number of thioether (sulfide) groups is 1. The molecule has 6 heteroatoms. The van der Waals surface area contributed by atoms with E-state index in [9.17, 15) is 4.79 Å². The Labute approximate surface area is 115 Å². The molecule has 1 unspecified atom stereocenters. The van der Waals surface area contributed by atoms with Crippen molar-refractivity contribution in [2.45, 2.75) is 25.0 Å². The average Bonchev–Trinajstić information content (AvgIpc) is 2.78. The highest BCUT2D eigenvalue weighted by molar-refractivity contribution is 7.99. The number of aryl methyl sites for hydroxylation is 1. The first-order valence-electron chi connectivity index (χ1n) is 5.89. The molecule has 0 aliphatic carbocycles. The summed E-state index contributed by atoms with van der Waals surface area (Å²) in [6, 6.07) is 5.79. The van der Waals surface area contributed by atoms with Gasteiger partial charge in [0.25, 0.3) is 0 Å². The van der Waals surface area contributed by atoms with Crippen molar-refractivity contribution in [2.75, 3.05) is 5.75 Å². The Bertz CT molecular complexity index is 569. The summed E-state index contributed by atoms with van der Waals surface area (Å²) >= 11 is 1.22. The van der Waals surface area contributed by atoms with Crippen molar-refractivity contribution in [3.05, 3.63) is 42.0 Å². The van der Waals surface area contributed by atoms with Crippen molar-refractivity contribution in [2.24, 2.45) is 0 Å². The first-order chi connectivity index (χ1) is 9.09. The molecule has 0 aliphatic rings. The van der Waals surface area contributed by atoms with Crippen LogP contribution in [0, 0.1) is 6.92 Å². The molecular formula is C13H15N3O2S. The first kappa shape index (κ1) is 13.6. The summed E-state index contributed by atoms with van der Waals surface area (Å²) in [5.74, 6) is -0.839. The number of aliphatic carboxylic acids is 1. The van der Waals surface area contributed by atoms with E-state index >= 15 is 0 Å². The molecule has 0 radical (unpaired) electrons. The van der Waals surface area contributed by atoms with Gasteiger partial charge in [-0.1, -0.05) is 17.8 Å². The van der Waals surface area contributed by atoms with Gasteiger partial charge < -0.3 is 9.67 Å². The summed E-state index contributed by atoms with van der Waals surface area (Å²) in [5, 5.41) is 9.46. The van der Waals surface area contributed by atoms with Crippen LogP contribution in [0.3, 0.4) is 0 Å². The molecule has 0 fully saturated rings. The number of nitrogens with zero attached hydrogens (tertiary/aromatic N) is 3. The van der Waals surface area contributed by atoms with Gasteiger partial charge in [0, 0.05) is 18.1 Å². The van der Waals surface area contributed by atoms with Crippen molar-refractivity contribution in [3.8, 4) is 0 Å². The van der Waals surface area contributed by atoms with Gasteiger partial charge in [0.1, 0.15) is 0 Å². The summed E-state index contributed by atoms with van der Waals surface area (Å²) in [5.41, 5.74) is 1.92. The molecule has 2 aromatic rings. The van der Waals surface area contributed by atoms with E-state index in [-0.39, 0.29) is 11.8 Å². The maximum absolute atomic E-state index is 10.7. The number of hydrogen-bond acceptors (Lipinski definition) is 4. The molecule has 0 bridgehead atoms. The normalized spacial score (nSPS) is 12.3. The molecule has 0 aliphatic heterocycles. The fourth-order valence-corrected chi connectivity index (χ4v) is 2.70. The number of hydrogen-bond donors (Lipinski definition) is 1. The maximum Gasteiger partial charge on any atom is 0.313 e. The van der Waals surface area contributed by atoms with E-state index < -0.39 is 5.97 Å². The van der Waals surface area contributed by atoms with Crippen molar-refractivity contribution in [1.29, 1.82) is 0 Å². The minimum atomic E-state index is -0.845. The predicted molar refractivity (Wildman–Crippen MR) is 73.4 cm³/mol. The third-order valence-corrected chi connectivity index (χ3v) is 3.73. The van der Waals surface area contributed by atoms with Gasteiger partial charge in [-0.05, 0) is 26.0 Å². The predicted octanol–water partition coefficient (Wildman–Crippen LogP) is 2.37. The fourth-order valence-electron chi connectivity index (χ4n) is 1.88. The van der Waals surface area contributed by atoms with E-state index in [0.717, 1.165) is 11.4 Å². The van der Waals surface area contributed by atoms with Crippen molar-refractivity contribution >= 4 is 17.7 Å². The molecular weight excluding hydrogens is 262 g/mol. The van der Waals surface area contributed by atoms with E-state index in [1.807, 2.05) is 36.6 Å². The van der Waals surface area contributed by atoms with Gasteiger partial charge in [-0.2, -0.15) is 0 Å². The molecule has 0 saturated carbocycles. The molecule has 0 spiro atoms. The van der Waals surface area contributed by atoms with Gasteiger partial charge in [0.2, 0.25) is 0 Å². The monoisotopic (exact) mass is 277 g/mol. The quantitative estimate of drug-likeness (QED) is 0.850. The Morgan fingerprint density at radius 1 is 1.47 bits per heavy atom. The van der Waals surface area contributed by atoms with Gasteiger partial charge in [0.05, 0.1) is 17.5 Å². The highest BCUT2D eigenvalue weighted by atomic mass is 32.2. The molecule has 0 aromatic carbocycles. The Balaban J connectivity index is 2.28. The van der Waals surface area contributed by atoms with Crippen LogP contribution in [0.1, 0.15) is 24.4 Å². The molecule has 2 rings (SSSR count). The second-order valence-electron chi connectivity index (χ2n) is 4.17. The highest BCUT2D eigenvalue weighted by Crippen LogP contribution is 2.25. The molecule has 2 heterocycles. The van der Waals surface area contributed by atoms with Crippen molar-refractivity contribution in [3.63, 3.8) is 0 Å². The number of aromatic nitrogens is 3. The molecule has 100 valence electrons. The van der Waals surface area contributed by atoms with Gasteiger partial charge in [-0.15, -0.1) is 0 Å². The topological polar surface area (TPSA) is 68.0 Å². The Morgan fingerprint density at radius 3 is 2.89 bits per heavy atom. The molecule has 0 amide bonds. The van der Waals surface area contributed by atoms with E-state index in [0.29, 0.717) is 5.16 Å². The lowest BCUT2D eigenvalue weighted by molar-refractivity contribution is -0.133. The lowest BCUT2D eigenvalue weighted by Crippen LogP contribution is -2.12. The SMILES string of the molecule is Cc1cnc(SCC(=O)O)n1C(C)c1ccccn1. The van der Waals surface area contributed by atoms with Crippen LogP contribution in [-0.4, -0.2) is 31.4 Å². The highest BCUT2D eigenvalue weighted by Gasteiger charge is 2.17. The summed E-state index contributed by atoms with van der Waals surface area (Å²) in [7, 11) is 0. The van der Waals surface area contributed by atoms with E-state index in [1.54, 1.807) is 12.4 Å². The Hall–Kier alpha value is -1.82. The minimum Gasteiger partial charge on any atom is -0.481 e. The van der Waals surface area contributed by atoms with Crippen LogP contribution in [-0.2, 0) is 4.79 Å². The zero-order chi connectivity index (χ0) is 13.8. The number of rotatable bonds is 5. The van der Waals surface area contributed by atoms with Crippen LogP contribution in [0.25, 0.3) is 0 Å². The van der Waals surface area contributed by atoms with Crippen LogP contribution in [0.5, 0.6) is 0 Å².